The average molecular weight is 641 g/mol. The molecule has 0 bridgehead atoms. The lowest BCUT2D eigenvalue weighted by Gasteiger charge is -2.41. The summed E-state index contributed by atoms with van der Waals surface area (Å²) in [5.41, 5.74) is 0.170. The molecule has 0 radical (unpaired) electrons. The van der Waals surface area contributed by atoms with Gasteiger partial charge in [-0.2, -0.15) is 8.42 Å². The Morgan fingerprint density at radius 2 is 1.49 bits per heavy atom. The zero-order valence-corrected chi connectivity index (χ0v) is 29.9. The summed E-state index contributed by atoms with van der Waals surface area (Å²) < 4.78 is 49.1. The summed E-state index contributed by atoms with van der Waals surface area (Å²) in [6.07, 6.45) is 13.8. The van der Waals surface area contributed by atoms with Crippen LogP contribution in [0.15, 0.2) is 30.3 Å². The molecule has 1 aromatic rings. The maximum absolute atomic E-state index is 13.4. The number of benzene rings is 1. The van der Waals surface area contributed by atoms with Crippen LogP contribution in [0.4, 0.5) is 0 Å². The molecule has 0 saturated carbocycles. The first kappa shape index (κ1) is 37.9. The molecule has 1 heterocycles. The largest absolute Gasteiger partial charge is 0.465 e. The van der Waals surface area contributed by atoms with Crippen molar-refractivity contribution in [3.63, 3.8) is 0 Å². The van der Waals surface area contributed by atoms with Crippen molar-refractivity contribution in [1.82, 2.24) is 0 Å². The van der Waals surface area contributed by atoms with E-state index in [1.165, 1.54) is 51.4 Å². The summed E-state index contributed by atoms with van der Waals surface area (Å²) in [6.45, 7) is 14.0. The van der Waals surface area contributed by atoms with Gasteiger partial charge in [0.15, 0.2) is 8.32 Å². The van der Waals surface area contributed by atoms with Gasteiger partial charge in [-0.15, -0.1) is 0 Å². The van der Waals surface area contributed by atoms with E-state index in [1.54, 1.807) is 0 Å². The molecule has 1 aromatic carbocycles. The minimum Gasteiger partial charge on any atom is -0.465 e. The molecular formula is C34H60O7SSi. The quantitative estimate of drug-likeness (QED) is 0.0544. The van der Waals surface area contributed by atoms with E-state index in [0.717, 1.165) is 31.1 Å². The fraction of sp³-hybridized carbons (Fsp3) is 0.794. The standard InChI is InChI=1S/C34H60O7SSi/c1-8-9-10-11-12-13-14-15-16-17-21-24-30(41-42(5,36)37)31-32(35)39-27-34(31,28-40-43(6,7)33(2,3)4)26-38-25-29-22-19-18-20-23-29/h18-20,22-23,30-31H,8-17,21,24-28H2,1-7H3. The highest BCUT2D eigenvalue weighted by molar-refractivity contribution is 7.86. The predicted octanol–water partition coefficient (Wildman–Crippen LogP) is 8.43. The van der Waals surface area contributed by atoms with E-state index in [-0.39, 0.29) is 24.9 Å². The number of carbonyl (C=O) groups is 1. The van der Waals surface area contributed by atoms with Gasteiger partial charge in [0, 0.05) is 6.61 Å². The van der Waals surface area contributed by atoms with Crippen molar-refractivity contribution < 1.29 is 31.3 Å². The van der Waals surface area contributed by atoms with Gasteiger partial charge in [0.05, 0.1) is 36.9 Å². The minimum absolute atomic E-state index is 0.0315. The number of rotatable bonds is 22. The van der Waals surface area contributed by atoms with Crippen LogP contribution in [-0.4, -0.2) is 54.9 Å². The Kier molecular flexibility index (Phi) is 15.9. The van der Waals surface area contributed by atoms with Gasteiger partial charge < -0.3 is 13.9 Å². The molecule has 0 aliphatic carbocycles. The molecule has 0 spiro atoms. The van der Waals surface area contributed by atoms with Crippen LogP contribution in [0, 0.1) is 11.3 Å². The number of ether oxygens (including phenoxy) is 2. The van der Waals surface area contributed by atoms with Crippen LogP contribution >= 0.6 is 0 Å². The molecular weight excluding hydrogens is 581 g/mol. The van der Waals surface area contributed by atoms with E-state index in [2.05, 4.69) is 40.8 Å². The van der Waals surface area contributed by atoms with Gasteiger partial charge in [0.2, 0.25) is 0 Å². The number of esters is 1. The van der Waals surface area contributed by atoms with Crippen LogP contribution < -0.4 is 0 Å². The SMILES string of the molecule is CCCCCCCCCCCCCC(OS(C)(=O)=O)C1C(=O)OCC1(COCc1ccccc1)CO[Si](C)(C)C(C)(C)C. The summed E-state index contributed by atoms with van der Waals surface area (Å²) in [6, 6.07) is 9.87. The zero-order valence-electron chi connectivity index (χ0n) is 28.1. The highest BCUT2D eigenvalue weighted by Gasteiger charge is 2.56. The van der Waals surface area contributed by atoms with Crippen LogP contribution in [0.1, 0.15) is 110 Å². The molecule has 0 amide bonds. The molecule has 7 nitrogen and oxygen atoms in total. The Morgan fingerprint density at radius 1 is 0.930 bits per heavy atom. The molecule has 0 N–H and O–H groups in total. The van der Waals surface area contributed by atoms with Crippen LogP contribution in [0.3, 0.4) is 0 Å². The van der Waals surface area contributed by atoms with Gasteiger partial charge in [0.1, 0.15) is 6.61 Å². The molecule has 0 aromatic heterocycles. The first-order valence-corrected chi connectivity index (χ1v) is 21.2. The second-order valence-corrected chi connectivity index (χ2v) is 20.5. The van der Waals surface area contributed by atoms with Crippen molar-refractivity contribution in [3.8, 4) is 0 Å². The first-order valence-electron chi connectivity index (χ1n) is 16.5. The normalized spacial score (nSPS) is 20.3. The third kappa shape index (κ3) is 13.3. The Morgan fingerprint density at radius 3 is 2.02 bits per heavy atom. The van der Waals surface area contributed by atoms with E-state index < -0.39 is 41.8 Å². The van der Waals surface area contributed by atoms with E-state index in [1.807, 2.05) is 30.3 Å². The summed E-state index contributed by atoms with van der Waals surface area (Å²) in [5.74, 6) is -1.23. The number of hydrogen-bond acceptors (Lipinski definition) is 7. The Balaban J connectivity index is 2.13. The van der Waals surface area contributed by atoms with Crippen LogP contribution in [0.2, 0.25) is 18.1 Å². The molecule has 3 unspecified atom stereocenters. The third-order valence-corrected chi connectivity index (χ3v) is 14.3. The topological polar surface area (TPSA) is 88.1 Å². The lowest BCUT2D eigenvalue weighted by atomic mass is 9.75. The van der Waals surface area contributed by atoms with Crippen molar-refractivity contribution in [2.75, 3.05) is 26.1 Å². The Labute approximate surface area is 264 Å². The lowest BCUT2D eigenvalue weighted by molar-refractivity contribution is -0.144. The Bertz CT molecular complexity index is 1040. The van der Waals surface area contributed by atoms with Crippen molar-refractivity contribution in [1.29, 1.82) is 0 Å². The third-order valence-electron chi connectivity index (χ3n) is 9.21. The molecule has 1 fully saturated rings. The number of unbranched alkanes of at least 4 members (excludes halogenated alkanes) is 10. The second kappa shape index (κ2) is 18.0. The molecule has 2 rings (SSSR count). The smallest absolute Gasteiger partial charge is 0.312 e. The molecule has 43 heavy (non-hydrogen) atoms. The van der Waals surface area contributed by atoms with E-state index in [9.17, 15) is 13.2 Å². The molecule has 3 atom stereocenters. The Hall–Kier alpha value is -1.26. The summed E-state index contributed by atoms with van der Waals surface area (Å²) in [4.78, 5) is 13.4. The monoisotopic (exact) mass is 640 g/mol. The van der Waals surface area contributed by atoms with E-state index in [0.29, 0.717) is 13.0 Å². The molecule has 9 heteroatoms. The minimum atomic E-state index is -3.81. The van der Waals surface area contributed by atoms with Gasteiger partial charge in [-0.1, -0.05) is 129 Å². The zero-order chi connectivity index (χ0) is 32.0. The van der Waals surface area contributed by atoms with Gasteiger partial charge in [-0.25, -0.2) is 0 Å². The number of carbonyl (C=O) groups excluding carboxylic acids is 1. The number of cyclic esters (lactones) is 1. The number of hydrogen-bond donors (Lipinski definition) is 0. The molecule has 1 aliphatic heterocycles. The fourth-order valence-electron chi connectivity index (χ4n) is 5.49. The lowest BCUT2D eigenvalue weighted by Crippen LogP contribution is -2.51. The molecule has 1 aliphatic rings. The molecule has 248 valence electrons. The van der Waals surface area contributed by atoms with Gasteiger partial charge in [0.25, 0.3) is 10.1 Å². The summed E-state index contributed by atoms with van der Waals surface area (Å²) in [5, 5.41) is -0.0315. The highest BCUT2D eigenvalue weighted by Crippen LogP contribution is 2.44. The van der Waals surface area contributed by atoms with Gasteiger partial charge >= 0.3 is 5.97 Å². The van der Waals surface area contributed by atoms with Crippen molar-refractivity contribution in [3.05, 3.63) is 35.9 Å². The van der Waals surface area contributed by atoms with Crippen LogP contribution in [-0.2, 0) is 39.6 Å². The average Bonchev–Trinajstić information content (AvgIpc) is 3.25. The van der Waals surface area contributed by atoms with E-state index >= 15 is 0 Å². The van der Waals surface area contributed by atoms with Crippen molar-refractivity contribution >= 4 is 24.4 Å². The van der Waals surface area contributed by atoms with E-state index in [4.69, 9.17) is 18.1 Å². The van der Waals surface area contributed by atoms with Gasteiger partial charge in [-0.3, -0.25) is 8.98 Å². The second-order valence-electron chi connectivity index (χ2n) is 14.1. The van der Waals surface area contributed by atoms with Crippen molar-refractivity contribution in [2.24, 2.45) is 11.3 Å². The first-order chi connectivity index (χ1) is 20.2. The van der Waals surface area contributed by atoms with Crippen LogP contribution in [0.25, 0.3) is 0 Å². The fourth-order valence-corrected chi connectivity index (χ4v) is 7.22. The molecule has 1 saturated heterocycles. The van der Waals surface area contributed by atoms with Gasteiger partial charge in [-0.05, 0) is 30.1 Å². The maximum atomic E-state index is 13.4. The summed E-state index contributed by atoms with van der Waals surface area (Å²) in [7, 11) is -6.00. The maximum Gasteiger partial charge on any atom is 0.312 e. The summed E-state index contributed by atoms with van der Waals surface area (Å²) >= 11 is 0. The van der Waals surface area contributed by atoms with Crippen LogP contribution in [0.5, 0.6) is 0 Å². The predicted molar refractivity (Wildman–Crippen MR) is 177 cm³/mol. The highest BCUT2D eigenvalue weighted by atomic mass is 32.2. The van der Waals surface area contributed by atoms with Crippen molar-refractivity contribution in [2.45, 2.75) is 136 Å².